The summed E-state index contributed by atoms with van der Waals surface area (Å²) in [5.41, 5.74) is 1.44. The number of nitrogens with one attached hydrogen (secondary N) is 2. The van der Waals surface area contributed by atoms with Gasteiger partial charge in [0.05, 0.1) is 0 Å². The van der Waals surface area contributed by atoms with Crippen LogP contribution >= 0.6 is 0 Å². The number of carbonyl (C=O) groups is 1. The first-order chi connectivity index (χ1) is 11.6. The molecule has 2 rings (SSSR count). The molecule has 0 saturated heterocycles. The van der Waals surface area contributed by atoms with Gasteiger partial charge in [-0.3, -0.25) is 4.79 Å². The van der Waals surface area contributed by atoms with E-state index in [0.29, 0.717) is 30.4 Å². The van der Waals surface area contributed by atoms with Gasteiger partial charge in [0.2, 0.25) is 5.95 Å². The fraction of sp³-hybridized carbons (Fsp3) is 0.353. The molecule has 0 saturated carbocycles. The molecule has 0 aliphatic rings. The predicted octanol–water partition coefficient (Wildman–Crippen LogP) is 2.30. The summed E-state index contributed by atoms with van der Waals surface area (Å²) in [7, 11) is 1.61. The van der Waals surface area contributed by atoms with Crippen LogP contribution in [0.4, 0.5) is 10.3 Å². The SMILES string of the molecule is COCCCNC(=O)c1cc(C)nc(NCc2ccccc2F)n1. The molecule has 2 N–H and O–H groups in total. The van der Waals surface area contributed by atoms with Crippen LogP contribution in [0.1, 0.15) is 28.2 Å². The van der Waals surface area contributed by atoms with Gasteiger partial charge >= 0.3 is 0 Å². The number of aromatic nitrogens is 2. The Morgan fingerprint density at radius 1 is 1.29 bits per heavy atom. The second-order valence-electron chi connectivity index (χ2n) is 5.27. The van der Waals surface area contributed by atoms with E-state index in [2.05, 4.69) is 20.6 Å². The number of amides is 1. The summed E-state index contributed by atoms with van der Waals surface area (Å²) in [4.78, 5) is 20.5. The molecule has 24 heavy (non-hydrogen) atoms. The van der Waals surface area contributed by atoms with Gasteiger partial charge in [-0.1, -0.05) is 18.2 Å². The molecule has 2 aromatic rings. The first-order valence-corrected chi connectivity index (χ1v) is 7.70. The fourth-order valence-corrected chi connectivity index (χ4v) is 2.09. The van der Waals surface area contributed by atoms with Gasteiger partial charge in [-0.15, -0.1) is 0 Å². The summed E-state index contributed by atoms with van der Waals surface area (Å²) in [6.45, 7) is 3.11. The number of carbonyl (C=O) groups excluding carboxylic acids is 1. The van der Waals surface area contributed by atoms with Crippen molar-refractivity contribution in [2.75, 3.05) is 25.6 Å². The van der Waals surface area contributed by atoms with Crippen LogP contribution in [-0.4, -0.2) is 36.1 Å². The van der Waals surface area contributed by atoms with E-state index >= 15 is 0 Å². The smallest absolute Gasteiger partial charge is 0.270 e. The predicted molar refractivity (Wildman–Crippen MR) is 89.3 cm³/mol. The van der Waals surface area contributed by atoms with Crippen LogP contribution < -0.4 is 10.6 Å². The molecule has 1 aromatic heterocycles. The molecule has 0 aliphatic heterocycles. The van der Waals surface area contributed by atoms with Crippen molar-refractivity contribution in [1.82, 2.24) is 15.3 Å². The Labute approximate surface area is 140 Å². The summed E-state index contributed by atoms with van der Waals surface area (Å²) in [6.07, 6.45) is 0.727. The molecule has 0 atom stereocenters. The topological polar surface area (TPSA) is 76.1 Å². The summed E-state index contributed by atoms with van der Waals surface area (Å²) < 4.78 is 18.6. The van der Waals surface area contributed by atoms with Gasteiger partial charge in [-0.05, 0) is 25.5 Å². The Kier molecular flexibility index (Phi) is 6.62. The first kappa shape index (κ1) is 17.8. The van der Waals surface area contributed by atoms with E-state index in [1.54, 1.807) is 38.3 Å². The van der Waals surface area contributed by atoms with Crippen LogP contribution in [0.3, 0.4) is 0 Å². The lowest BCUT2D eigenvalue weighted by atomic mass is 10.2. The molecular weight excluding hydrogens is 311 g/mol. The molecule has 0 radical (unpaired) electrons. The number of methoxy groups -OCH3 is 1. The molecule has 6 nitrogen and oxygen atoms in total. The van der Waals surface area contributed by atoms with Gasteiger partial charge in [0.25, 0.3) is 5.91 Å². The highest BCUT2D eigenvalue weighted by Gasteiger charge is 2.10. The number of benzene rings is 1. The lowest BCUT2D eigenvalue weighted by Crippen LogP contribution is -2.26. The lowest BCUT2D eigenvalue weighted by Gasteiger charge is -2.09. The normalized spacial score (nSPS) is 10.5. The molecule has 0 aliphatic carbocycles. The average molecular weight is 332 g/mol. The van der Waals surface area contributed by atoms with Crippen LogP contribution in [0.15, 0.2) is 30.3 Å². The molecule has 7 heteroatoms. The maximum absolute atomic E-state index is 13.6. The van der Waals surface area contributed by atoms with Crippen molar-refractivity contribution in [2.45, 2.75) is 19.9 Å². The van der Waals surface area contributed by atoms with Gasteiger partial charge in [0.1, 0.15) is 11.5 Å². The third-order valence-electron chi connectivity index (χ3n) is 3.29. The van der Waals surface area contributed by atoms with Crippen LogP contribution in [-0.2, 0) is 11.3 Å². The van der Waals surface area contributed by atoms with E-state index in [0.717, 1.165) is 6.42 Å². The number of rotatable bonds is 8. The standard InChI is InChI=1S/C17H21FN4O2/c1-12-10-15(16(23)19-8-5-9-24-2)22-17(21-12)20-11-13-6-3-4-7-14(13)18/h3-4,6-7,10H,5,8-9,11H2,1-2H3,(H,19,23)(H,20,21,22). The van der Waals surface area contributed by atoms with Crippen molar-refractivity contribution >= 4 is 11.9 Å². The Morgan fingerprint density at radius 2 is 2.08 bits per heavy atom. The largest absolute Gasteiger partial charge is 0.385 e. The summed E-state index contributed by atoms with van der Waals surface area (Å²) >= 11 is 0. The quantitative estimate of drug-likeness (QED) is 0.726. The number of ether oxygens (including phenoxy) is 1. The van der Waals surface area contributed by atoms with E-state index in [9.17, 15) is 9.18 Å². The zero-order chi connectivity index (χ0) is 17.4. The summed E-state index contributed by atoms with van der Waals surface area (Å²) in [6, 6.07) is 8.08. The van der Waals surface area contributed by atoms with Crippen LogP contribution in [0.25, 0.3) is 0 Å². The molecule has 1 heterocycles. The van der Waals surface area contributed by atoms with Gasteiger partial charge in [0, 0.05) is 38.1 Å². The van der Waals surface area contributed by atoms with Crippen molar-refractivity contribution in [3.05, 3.63) is 53.1 Å². The summed E-state index contributed by atoms with van der Waals surface area (Å²) in [5.74, 6) is -0.278. The van der Waals surface area contributed by atoms with Crippen molar-refractivity contribution in [3.8, 4) is 0 Å². The van der Waals surface area contributed by atoms with Crippen LogP contribution in [0, 0.1) is 12.7 Å². The Hall–Kier alpha value is -2.54. The number of hydrogen-bond donors (Lipinski definition) is 2. The zero-order valence-electron chi connectivity index (χ0n) is 13.8. The average Bonchev–Trinajstić information content (AvgIpc) is 2.57. The molecule has 0 unspecified atom stereocenters. The minimum atomic E-state index is -0.297. The van der Waals surface area contributed by atoms with Gasteiger partial charge in [-0.2, -0.15) is 0 Å². The Morgan fingerprint density at radius 3 is 2.83 bits per heavy atom. The monoisotopic (exact) mass is 332 g/mol. The number of anilines is 1. The van der Waals surface area contributed by atoms with Gasteiger partial charge in [-0.25, -0.2) is 14.4 Å². The maximum atomic E-state index is 13.6. The van der Waals surface area contributed by atoms with E-state index < -0.39 is 0 Å². The van der Waals surface area contributed by atoms with Crippen molar-refractivity contribution < 1.29 is 13.9 Å². The second-order valence-corrected chi connectivity index (χ2v) is 5.27. The zero-order valence-corrected chi connectivity index (χ0v) is 13.8. The van der Waals surface area contributed by atoms with Crippen molar-refractivity contribution in [1.29, 1.82) is 0 Å². The maximum Gasteiger partial charge on any atom is 0.270 e. The highest BCUT2D eigenvalue weighted by molar-refractivity contribution is 5.92. The Balaban J connectivity index is 2.00. The minimum absolute atomic E-state index is 0.241. The third kappa shape index (κ3) is 5.27. The first-order valence-electron chi connectivity index (χ1n) is 7.70. The summed E-state index contributed by atoms with van der Waals surface area (Å²) in [5, 5.41) is 5.73. The molecule has 1 aromatic carbocycles. The molecule has 0 fully saturated rings. The van der Waals surface area contributed by atoms with E-state index in [1.807, 2.05) is 0 Å². The highest BCUT2D eigenvalue weighted by atomic mass is 19.1. The Bertz CT molecular complexity index is 694. The molecule has 0 spiro atoms. The number of hydrogen-bond acceptors (Lipinski definition) is 5. The number of aryl methyl sites for hydroxylation is 1. The highest BCUT2D eigenvalue weighted by Crippen LogP contribution is 2.10. The third-order valence-corrected chi connectivity index (χ3v) is 3.29. The molecule has 128 valence electrons. The van der Waals surface area contributed by atoms with Gasteiger partial charge in [0.15, 0.2) is 0 Å². The van der Waals surface area contributed by atoms with E-state index in [4.69, 9.17) is 4.74 Å². The van der Waals surface area contributed by atoms with Crippen molar-refractivity contribution in [3.63, 3.8) is 0 Å². The van der Waals surface area contributed by atoms with Gasteiger partial charge < -0.3 is 15.4 Å². The van der Waals surface area contributed by atoms with Crippen LogP contribution in [0.5, 0.6) is 0 Å². The van der Waals surface area contributed by atoms with Crippen LogP contribution in [0.2, 0.25) is 0 Å². The van der Waals surface area contributed by atoms with E-state index in [-0.39, 0.29) is 24.0 Å². The number of nitrogens with zero attached hydrogens (tertiary/aromatic N) is 2. The van der Waals surface area contributed by atoms with E-state index in [1.165, 1.54) is 6.07 Å². The molecular formula is C17H21FN4O2. The molecule has 0 bridgehead atoms. The fourth-order valence-electron chi connectivity index (χ4n) is 2.09. The second kappa shape index (κ2) is 8.93. The number of halogens is 1. The minimum Gasteiger partial charge on any atom is -0.385 e. The molecule has 1 amide bonds. The lowest BCUT2D eigenvalue weighted by molar-refractivity contribution is 0.0943. The van der Waals surface area contributed by atoms with Crippen molar-refractivity contribution in [2.24, 2.45) is 0 Å².